The topological polar surface area (TPSA) is 9.23 Å². The van der Waals surface area contributed by atoms with E-state index in [-0.39, 0.29) is 5.60 Å². The molecule has 2 radical (unpaired) electrons. The second-order valence-corrected chi connectivity index (χ2v) is 3.86. The third kappa shape index (κ3) is 3.39. The number of allylic oxidation sites excluding steroid dienone is 1. The van der Waals surface area contributed by atoms with E-state index in [2.05, 4.69) is 19.6 Å². The number of rotatable bonds is 4. The zero-order valence-electron chi connectivity index (χ0n) is 8.38. The van der Waals surface area contributed by atoms with Crippen LogP contribution in [0.25, 0.3) is 0 Å². The van der Waals surface area contributed by atoms with Gasteiger partial charge in [-0.1, -0.05) is 12.2 Å². The molecule has 0 aromatic rings. The van der Waals surface area contributed by atoms with Gasteiger partial charge in [0, 0.05) is 0 Å². The lowest BCUT2D eigenvalue weighted by atomic mass is 9.79. The van der Waals surface area contributed by atoms with Crippen LogP contribution < -0.4 is 0 Å². The Balaban J connectivity index is 2.35. The first kappa shape index (κ1) is 10.6. The predicted molar refractivity (Wildman–Crippen MR) is 56.9 cm³/mol. The van der Waals surface area contributed by atoms with E-state index in [0.29, 0.717) is 0 Å². The molecule has 0 aliphatic heterocycles. The Morgan fingerprint density at radius 2 is 2.54 bits per heavy atom. The summed E-state index contributed by atoms with van der Waals surface area (Å²) in [5.41, 5.74) is 1.01. The average Bonchev–Trinajstić information content (AvgIpc) is 2.12. The van der Waals surface area contributed by atoms with E-state index in [0.717, 1.165) is 37.8 Å². The Morgan fingerprint density at radius 1 is 1.77 bits per heavy atom. The lowest BCUT2D eigenvalue weighted by Gasteiger charge is -2.32. The van der Waals surface area contributed by atoms with Gasteiger partial charge in [0.05, 0.1) is 12.2 Å². The summed E-state index contributed by atoms with van der Waals surface area (Å²) >= 11 is 0. The van der Waals surface area contributed by atoms with Crippen molar-refractivity contribution in [2.24, 2.45) is 0 Å². The third-order valence-electron chi connectivity index (χ3n) is 2.51. The van der Waals surface area contributed by atoms with Crippen molar-refractivity contribution < 1.29 is 4.74 Å². The molecule has 1 nitrogen and oxygen atoms in total. The Kier molecular flexibility index (Phi) is 3.79. The fraction of sp³-hybridized carbons (Fsp3) is 0.636. The van der Waals surface area contributed by atoms with Crippen LogP contribution in [0, 0.1) is 0 Å². The molecule has 1 rings (SSSR count). The fourth-order valence-electron chi connectivity index (χ4n) is 1.48. The van der Waals surface area contributed by atoms with Crippen LogP contribution in [0.15, 0.2) is 24.2 Å². The van der Waals surface area contributed by atoms with E-state index < -0.39 is 0 Å². The standard InChI is InChI=1S/C11H17BO/c1-3-4-9-13-11(2)7-5-10(12)6-8-11/h3,5H,1,4,6-9H2,2H3. The van der Waals surface area contributed by atoms with Gasteiger partial charge in [-0.05, 0) is 32.6 Å². The summed E-state index contributed by atoms with van der Waals surface area (Å²) in [4.78, 5) is 0. The first-order valence-corrected chi connectivity index (χ1v) is 4.86. The van der Waals surface area contributed by atoms with Gasteiger partial charge in [-0.2, -0.15) is 0 Å². The van der Waals surface area contributed by atoms with Crippen molar-refractivity contribution in [2.75, 3.05) is 6.61 Å². The van der Waals surface area contributed by atoms with E-state index >= 15 is 0 Å². The van der Waals surface area contributed by atoms with Crippen LogP contribution in [0.1, 0.15) is 32.6 Å². The van der Waals surface area contributed by atoms with Crippen molar-refractivity contribution in [3.8, 4) is 0 Å². The van der Waals surface area contributed by atoms with Gasteiger partial charge in [-0.25, -0.2) is 0 Å². The lowest BCUT2D eigenvalue weighted by molar-refractivity contribution is -0.0356. The molecule has 0 amide bonds. The molecular weight excluding hydrogens is 159 g/mol. The maximum atomic E-state index is 5.79. The van der Waals surface area contributed by atoms with E-state index in [9.17, 15) is 0 Å². The monoisotopic (exact) mass is 176 g/mol. The Bertz CT molecular complexity index is 210. The molecule has 0 saturated carbocycles. The smallest absolute Gasteiger partial charge is 0.107 e. The summed E-state index contributed by atoms with van der Waals surface area (Å²) < 4.78 is 5.79. The van der Waals surface area contributed by atoms with Crippen LogP contribution in [-0.4, -0.2) is 20.1 Å². The van der Waals surface area contributed by atoms with Gasteiger partial charge >= 0.3 is 0 Å². The average molecular weight is 176 g/mol. The molecule has 70 valence electrons. The van der Waals surface area contributed by atoms with E-state index in [1.807, 2.05) is 6.08 Å². The molecular formula is C11H17BO. The van der Waals surface area contributed by atoms with Crippen LogP contribution >= 0.6 is 0 Å². The molecule has 0 aromatic carbocycles. The van der Waals surface area contributed by atoms with Crippen LogP contribution in [-0.2, 0) is 4.74 Å². The quantitative estimate of drug-likeness (QED) is 0.363. The molecule has 1 aliphatic rings. The summed E-state index contributed by atoms with van der Waals surface area (Å²) in [6.45, 7) is 6.59. The van der Waals surface area contributed by atoms with E-state index in [4.69, 9.17) is 12.6 Å². The molecule has 1 atom stereocenters. The van der Waals surface area contributed by atoms with Gasteiger partial charge in [0.2, 0.25) is 0 Å². The normalized spacial score (nSPS) is 28.2. The maximum absolute atomic E-state index is 5.79. The first-order valence-electron chi connectivity index (χ1n) is 4.86. The predicted octanol–water partition coefficient (Wildman–Crippen LogP) is 2.57. The highest BCUT2D eigenvalue weighted by Crippen LogP contribution is 2.29. The van der Waals surface area contributed by atoms with Crippen LogP contribution in [0.5, 0.6) is 0 Å². The molecule has 0 aromatic heterocycles. The van der Waals surface area contributed by atoms with Gasteiger partial charge in [0.25, 0.3) is 0 Å². The Labute approximate surface area is 82.3 Å². The maximum Gasteiger partial charge on any atom is 0.107 e. The molecule has 0 saturated heterocycles. The molecule has 0 bridgehead atoms. The highest BCUT2D eigenvalue weighted by atomic mass is 16.5. The number of hydrogen-bond donors (Lipinski definition) is 0. The van der Waals surface area contributed by atoms with Crippen molar-refractivity contribution in [2.45, 2.75) is 38.2 Å². The van der Waals surface area contributed by atoms with Crippen LogP contribution in [0.2, 0.25) is 0 Å². The highest BCUT2D eigenvalue weighted by Gasteiger charge is 2.25. The van der Waals surface area contributed by atoms with Gasteiger partial charge < -0.3 is 4.74 Å². The second kappa shape index (κ2) is 4.66. The zero-order chi connectivity index (χ0) is 9.73. The minimum Gasteiger partial charge on any atom is -0.375 e. The number of ether oxygens (including phenoxy) is 1. The first-order chi connectivity index (χ1) is 6.16. The van der Waals surface area contributed by atoms with Gasteiger partial charge in [0.1, 0.15) is 7.85 Å². The summed E-state index contributed by atoms with van der Waals surface area (Å²) in [5.74, 6) is 0. The Hall–Kier alpha value is -0.495. The summed E-state index contributed by atoms with van der Waals surface area (Å²) in [6, 6.07) is 0. The largest absolute Gasteiger partial charge is 0.375 e. The summed E-state index contributed by atoms with van der Waals surface area (Å²) in [7, 11) is 5.70. The minimum absolute atomic E-state index is 0.00583. The molecule has 1 unspecified atom stereocenters. The zero-order valence-corrected chi connectivity index (χ0v) is 8.38. The second-order valence-electron chi connectivity index (χ2n) is 3.86. The van der Waals surface area contributed by atoms with E-state index in [1.54, 1.807) is 0 Å². The highest BCUT2D eigenvalue weighted by molar-refractivity contribution is 6.21. The Morgan fingerprint density at radius 3 is 3.08 bits per heavy atom. The molecule has 0 spiro atoms. The van der Waals surface area contributed by atoms with Crippen molar-refractivity contribution >= 4 is 7.85 Å². The van der Waals surface area contributed by atoms with Crippen molar-refractivity contribution in [3.63, 3.8) is 0 Å². The van der Waals surface area contributed by atoms with Crippen molar-refractivity contribution in [3.05, 3.63) is 24.2 Å². The van der Waals surface area contributed by atoms with Gasteiger partial charge in [0.15, 0.2) is 0 Å². The third-order valence-corrected chi connectivity index (χ3v) is 2.51. The van der Waals surface area contributed by atoms with Crippen molar-refractivity contribution in [1.29, 1.82) is 0 Å². The van der Waals surface area contributed by atoms with E-state index in [1.165, 1.54) is 0 Å². The van der Waals surface area contributed by atoms with Crippen molar-refractivity contribution in [1.82, 2.24) is 0 Å². The fourth-order valence-corrected chi connectivity index (χ4v) is 1.48. The van der Waals surface area contributed by atoms with Crippen LogP contribution in [0.3, 0.4) is 0 Å². The van der Waals surface area contributed by atoms with Gasteiger partial charge in [-0.3, -0.25) is 0 Å². The summed E-state index contributed by atoms with van der Waals surface area (Å²) in [5, 5.41) is 0. The molecule has 0 fully saturated rings. The van der Waals surface area contributed by atoms with Crippen LogP contribution in [0.4, 0.5) is 0 Å². The molecule has 13 heavy (non-hydrogen) atoms. The minimum atomic E-state index is 0.00583. The SMILES string of the molecule is [B]C1=CCC(C)(OCCC=C)CC1. The van der Waals surface area contributed by atoms with Gasteiger partial charge in [-0.15, -0.1) is 12.1 Å². The molecule has 0 heterocycles. The summed E-state index contributed by atoms with van der Waals surface area (Å²) in [6.07, 6.45) is 7.83. The molecule has 0 N–H and O–H groups in total. The molecule has 2 heteroatoms. The lowest BCUT2D eigenvalue weighted by Crippen LogP contribution is -2.31. The molecule has 1 aliphatic carbocycles. The number of hydrogen-bond acceptors (Lipinski definition) is 1.